The van der Waals surface area contributed by atoms with Crippen LogP contribution < -0.4 is 5.73 Å². The quantitative estimate of drug-likeness (QED) is 0.683. The molecule has 0 aliphatic carbocycles. The van der Waals surface area contributed by atoms with Gasteiger partial charge in [-0.15, -0.1) is 0 Å². The number of sulfone groups is 1. The molecule has 0 aromatic carbocycles. The molecule has 1 atom stereocenters. The summed E-state index contributed by atoms with van der Waals surface area (Å²) in [6.07, 6.45) is 2.39. The molecule has 1 unspecified atom stereocenters. The van der Waals surface area contributed by atoms with E-state index in [2.05, 4.69) is 0 Å². The normalized spacial score (nSPS) is 14.6. The molecule has 0 saturated heterocycles. The van der Waals surface area contributed by atoms with E-state index < -0.39 is 9.84 Å². The summed E-state index contributed by atoms with van der Waals surface area (Å²) in [6.45, 7) is 3.88. The number of unbranched alkanes of at least 4 members (excludes halogenated alkanes) is 1. The van der Waals surface area contributed by atoms with Crippen LogP contribution in [-0.2, 0) is 9.84 Å². The highest BCUT2D eigenvalue weighted by atomic mass is 32.2. The molecule has 0 rings (SSSR count). The SMILES string of the molecule is CCCCS(=O)(=O)CC(N)CC. The molecule has 0 spiro atoms. The van der Waals surface area contributed by atoms with Crippen LogP contribution in [0.3, 0.4) is 0 Å². The van der Waals surface area contributed by atoms with Crippen LogP contribution in [-0.4, -0.2) is 26.0 Å². The third-order valence-corrected chi connectivity index (χ3v) is 3.65. The number of hydrogen-bond donors (Lipinski definition) is 1. The van der Waals surface area contributed by atoms with Crippen molar-refractivity contribution in [3.8, 4) is 0 Å². The highest BCUT2D eigenvalue weighted by molar-refractivity contribution is 7.91. The summed E-state index contributed by atoms with van der Waals surface area (Å²) in [6, 6.07) is -0.188. The molecule has 0 aliphatic heterocycles. The van der Waals surface area contributed by atoms with Gasteiger partial charge in [-0.2, -0.15) is 0 Å². The second-order valence-corrected chi connectivity index (χ2v) is 5.36. The molecular formula is C8H19NO2S. The lowest BCUT2D eigenvalue weighted by Crippen LogP contribution is -2.30. The Morgan fingerprint density at radius 1 is 1.33 bits per heavy atom. The maximum absolute atomic E-state index is 11.3. The van der Waals surface area contributed by atoms with Gasteiger partial charge < -0.3 is 5.73 Å². The lowest BCUT2D eigenvalue weighted by Gasteiger charge is -2.08. The van der Waals surface area contributed by atoms with E-state index in [1.54, 1.807) is 0 Å². The standard InChI is InChI=1S/C8H19NO2S/c1-3-5-6-12(10,11)7-8(9)4-2/h8H,3-7,9H2,1-2H3. The van der Waals surface area contributed by atoms with E-state index in [1.165, 1.54) is 0 Å². The molecule has 2 N–H and O–H groups in total. The van der Waals surface area contributed by atoms with Gasteiger partial charge in [0, 0.05) is 6.04 Å². The average molecular weight is 193 g/mol. The zero-order valence-electron chi connectivity index (χ0n) is 7.91. The third-order valence-electron chi connectivity index (χ3n) is 1.80. The molecule has 0 fully saturated rings. The molecule has 4 heteroatoms. The highest BCUT2D eigenvalue weighted by Gasteiger charge is 2.13. The lowest BCUT2D eigenvalue weighted by molar-refractivity contribution is 0.580. The van der Waals surface area contributed by atoms with Crippen molar-refractivity contribution >= 4 is 9.84 Å². The average Bonchev–Trinajstić information content (AvgIpc) is 2.00. The minimum absolute atomic E-state index is 0.142. The van der Waals surface area contributed by atoms with E-state index in [0.29, 0.717) is 0 Å². The predicted octanol–water partition coefficient (Wildman–Crippen LogP) is 0.939. The molecule has 0 amide bonds. The van der Waals surface area contributed by atoms with E-state index in [-0.39, 0.29) is 17.5 Å². The van der Waals surface area contributed by atoms with E-state index in [1.807, 2.05) is 13.8 Å². The molecule has 0 aromatic rings. The van der Waals surface area contributed by atoms with Crippen molar-refractivity contribution in [1.29, 1.82) is 0 Å². The highest BCUT2D eigenvalue weighted by Crippen LogP contribution is 2.00. The van der Waals surface area contributed by atoms with Gasteiger partial charge in [0.2, 0.25) is 0 Å². The van der Waals surface area contributed by atoms with E-state index >= 15 is 0 Å². The first-order chi connectivity index (χ1) is 5.52. The smallest absolute Gasteiger partial charge is 0.151 e. The molecule has 0 bridgehead atoms. The fraction of sp³-hybridized carbons (Fsp3) is 1.00. The Morgan fingerprint density at radius 3 is 2.33 bits per heavy atom. The number of hydrogen-bond acceptors (Lipinski definition) is 3. The second-order valence-electron chi connectivity index (χ2n) is 3.14. The van der Waals surface area contributed by atoms with Crippen LogP contribution in [0.25, 0.3) is 0 Å². The minimum atomic E-state index is -2.88. The fourth-order valence-electron chi connectivity index (χ4n) is 0.892. The summed E-state index contributed by atoms with van der Waals surface area (Å²) in [7, 11) is -2.88. The van der Waals surface area contributed by atoms with Crippen LogP contribution in [0.15, 0.2) is 0 Å². The number of rotatable bonds is 6. The first-order valence-electron chi connectivity index (χ1n) is 4.47. The van der Waals surface area contributed by atoms with Crippen LogP contribution in [0.4, 0.5) is 0 Å². The summed E-state index contributed by atoms with van der Waals surface area (Å²) in [5.41, 5.74) is 5.55. The zero-order chi connectivity index (χ0) is 9.61. The van der Waals surface area contributed by atoms with Crippen LogP contribution in [0.5, 0.6) is 0 Å². The van der Waals surface area contributed by atoms with Crippen LogP contribution in [0.1, 0.15) is 33.1 Å². The van der Waals surface area contributed by atoms with E-state index in [0.717, 1.165) is 19.3 Å². The second kappa shape index (κ2) is 5.54. The van der Waals surface area contributed by atoms with Crippen molar-refractivity contribution in [3.05, 3.63) is 0 Å². The molecule has 12 heavy (non-hydrogen) atoms. The van der Waals surface area contributed by atoms with E-state index in [9.17, 15) is 8.42 Å². The Hall–Kier alpha value is -0.0900. The largest absolute Gasteiger partial charge is 0.327 e. The Bertz CT molecular complexity index is 199. The first-order valence-corrected chi connectivity index (χ1v) is 6.30. The lowest BCUT2D eigenvalue weighted by atomic mass is 10.3. The molecule has 0 radical (unpaired) electrons. The summed E-state index contributed by atoms with van der Waals surface area (Å²) >= 11 is 0. The van der Waals surface area contributed by atoms with Crippen molar-refractivity contribution in [3.63, 3.8) is 0 Å². The molecule has 3 nitrogen and oxygen atoms in total. The van der Waals surface area contributed by atoms with Gasteiger partial charge >= 0.3 is 0 Å². The van der Waals surface area contributed by atoms with Crippen LogP contribution >= 0.6 is 0 Å². The predicted molar refractivity (Wildman–Crippen MR) is 51.8 cm³/mol. The maximum Gasteiger partial charge on any atom is 0.151 e. The summed E-state index contributed by atoms with van der Waals surface area (Å²) in [4.78, 5) is 0. The Labute approximate surface area is 75.3 Å². The van der Waals surface area contributed by atoms with Gasteiger partial charge in [0.25, 0.3) is 0 Å². The minimum Gasteiger partial charge on any atom is -0.327 e. The summed E-state index contributed by atoms with van der Waals surface area (Å²) in [5, 5.41) is 0. The Morgan fingerprint density at radius 2 is 1.92 bits per heavy atom. The van der Waals surface area contributed by atoms with Crippen molar-refractivity contribution in [2.75, 3.05) is 11.5 Å². The van der Waals surface area contributed by atoms with Gasteiger partial charge in [0.05, 0.1) is 11.5 Å². The van der Waals surface area contributed by atoms with Crippen LogP contribution in [0.2, 0.25) is 0 Å². The molecule has 0 heterocycles. The number of nitrogens with two attached hydrogens (primary N) is 1. The Kier molecular flexibility index (Phi) is 5.50. The molecule has 0 aliphatic rings. The van der Waals surface area contributed by atoms with Gasteiger partial charge in [0.15, 0.2) is 9.84 Å². The summed E-state index contributed by atoms with van der Waals surface area (Å²) in [5.74, 6) is 0.431. The molecular weight excluding hydrogens is 174 g/mol. The summed E-state index contributed by atoms with van der Waals surface area (Å²) < 4.78 is 22.6. The van der Waals surface area contributed by atoms with Gasteiger partial charge in [-0.05, 0) is 12.8 Å². The van der Waals surface area contributed by atoms with Gasteiger partial charge in [-0.1, -0.05) is 20.3 Å². The van der Waals surface area contributed by atoms with Crippen molar-refractivity contribution in [2.24, 2.45) is 5.73 Å². The Balaban J connectivity index is 3.88. The van der Waals surface area contributed by atoms with Crippen molar-refractivity contribution < 1.29 is 8.42 Å². The maximum atomic E-state index is 11.3. The van der Waals surface area contributed by atoms with Crippen molar-refractivity contribution in [2.45, 2.75) is 39.2 Å². The topological polar surface area (TPSA) is 60.2 Å². The van der Waals surface area contributed by atoms with Crippen molar-refractivity contribution in [1.82, 2.24) is 0 Å². The van der Waals surface area contributed by atoms with Gasteiger partial charge in [0.1, 0.15) is 0 Å². The molecule has 0 saturated carbocycles. The molecule has 74 valence electrons. The molecule has 0 aromatic heterocycles. The van der Waals surface area contributed by atoms with E-state index in [4.69, 9.17) is 5.73 Å². The zero-order valence-corrected chi connectivity index (χ0v) is 8.73. The van der Waals surface area contributed by atoms with Crippen LogP contribution in [0, 0.1) is 0 Å². The first kappa shape index (κ1) is 11.9. The third kappa shape index (κ3) is 5.55. The fourth-order valence-corrected chi connectivity index (χ4v) is 2.67. The monoisotopic (exact) mass is 193 g/mol. The van der Waals surface area contributed by atoms with Gasteiger partial charge in [-0.25, -0.2) is 8.42 Å². The van der Waals surface area contributed by atoms with Gasteiger partial charge in [-0.3, -0.25) is 0 Å².